The zero-order valence-electron chi connectivity index (χ0n) is 11.1. The smallest absolute Gasteiger partial charge is 0.263 e. The van der Waals surface area contributed by atoms with Crippen LogP contribution in [0.3, 0.4) is 0 Å². The summed E-state index contributed by atoms with van der Waals surface area (Å²) in [6.45, 7) is 1.58. The molecule has 2 aromatic rings. The van der Waals surface area contributed by atoms with Crippen molar-refractivity contribution in [1.82, 2.24) is 0 Å². The first-order valence-corrected chi connectivity index (χ1v) is 7.40. The maximum atomic E-state index is 13.4. The summed E-state index contributed by atoms with van der Waals surface area (Å²) < 4.78 is 40.1. The summed E-state index contributed by atoms with van der Waals surface area (Å²) in [5.41, 5.74) is 6.37. The average Bonchev–Trinajstić information content (AvgIpc) is 2.42. The third-order valence-electron chi connectivity index (χ3n) is 2.85. The summed E-state index contributed by atoms with van der Waals surface area (Å²) >= 11 is 0. The van der Waals surface area contributed by atoms with Gasteiger partial charge in [0.15, 0.2) is 0 Å². The molecule has 0 aliphatic carbocycles. The molecule has 0 saturated carbocycles. The van der Waals surface area contributed by atoms with Gasteiger partial charge in [-0.15, -0.1) is 0 Å². The molecule has 7 heteroatoms. The first-order chi connectivity index (χ1) is 9.83. The van der Waals surface area contributed by atoms with Gasteiger partial charge < -0.3 is 5.73 Å². The second-order valence-electron chi connectivity index (χ2n) is 4.43. The van der Waals surface area contributed by atoms with Gasteiger partial charge >= 0.3 is 0 Å². The molecule has 0 radical (unpaired) electrons. The van der Waals surface area contributed by atoms with E-state index in [0.717, 1.165) is 6.07 Å². The number of rotatable bonds is 3. The minimum Gasteiger partial charge on any atom is -0.398 e. The molecule has 21 heavy (non-hydrogen) atoms. The Morgan fingerprint density at radius 3 is 2.52 bits per heavy atom. The first kappa shape index (κ1) is 14.8. The fraction of sp³-hybridized carbons (Fsp3) is 0.0714. The van der Waals surface area contributed by atoms with Gasteiger partial charge in [-0.05, 0) is 42.8 Å². The Balaban J connectivity index is 2.38. The molecule has 108 valence electrons. The molecule has 0 amide bonds. The number of nitrogens with one attached hydrogen (secondary N) is 1. The number of halogens is 1. The second kappa shape index (κ2) is 5.42. The Labute approximate surface area is 121 Å². The van der Waals surface area contributed by atoms with Crippen molar-refractivity contribution in [3.8, 4) is 6.07 Å². The summed E-state index contributed by atoms with van der Waals surface area (Å²) in [5.74, 6) is -0.511. The molecule has 3 N–H and O–H groups in total. The van der Waals surface area contributed by atoms with Gasteiger partial charge in [0, 0.05) is 0 Å². The lowest BCUT2D eigenvalue weighted by Crippen LogP contribution is -2.15. The van der Waals surface area contributed by atoms with E-state index >= 15 is 0 Å². The Hall–Kier alpha value is -2.59. The summed E-state index contributed by atoms with van der Waals surface area (Å²) in [6.07, 6.45) is 0. The molecule has 0 aromatic heterocycles. The fourth-order valence-corrected chi connectivity index (χ4v) is 2.89. The van der Waals surface area contributed by atoms with Crippen LogP contribution >= 0.6 is 0 Å². The number of nitrogens with zero attached hydrogens (tertiary/aromatic N) is 1. The molecular weight excluding hydrogens is 293 g/mol. The molecule has 0 spiro atoms. The van der Waals surface area contributed by atoms with Crippen LogP contribution in [0.1, 0.15) is 11.1 Å². The lowest BCUT2D eigenvalue weighted by atomic mass is 10.2. The molecule has 0 unspecified atom stereocenters. The maximum absolute atomic E-state index is 13.4. The molecule has 0 aliphatic heterocycles. The molecule has 0 fully saturated rings. The number of hydrogen-bond acceptors (Lipinski definition) is 4. The predicted octanol–water partition coefficient (Wildman–Crippen LogP) is 2.39. The Morgan fingerprint density at radius 2 is 1.95 bits per heavy atom. The van der Waals surface area contributed by atoms with Crippen LogP contribution < -0.4 is 10.5 Å². The van der Waals surface area contributed by atoms with Crippen LogP contribution in [0, 0.1) is 24.1 Å². The number of aryl methyl sites for hydroxylation is 1. The van der Waals surface area contributed by atoms with E-state index in [-0.39, 0.29) is 21.8 Å². The van der Waals surface area contributed by atoms with Gasteiger partial charge in [0.05, 0.1) is 23.0 Å². The molecule has 0 aliphatic rings. The molecule has 0 heterocycles. The largest absolute Gasteiger partial charge is 0.398 e. The van der Waals surface area contributed by atoms with E-state index in [9.17, 15) is 12.8 Å². The summed E-state index contributed by atoms with van der Waals surface area (Å²) in [7, 11) is -3.95. The normalized spacial score (nSPS) is 10.9. The Kier molecular flexibility index (Phi) is 3.82. The highest BCUT2D eigenvalue weighted by Gasteiger charge is 2.18. The lowest BCUT2D eigenvalue weighted by Gasteiger charge is -2.11. The number of anilines is 2. The van der Waals surface area contributed by atoms with Gasteiger partial charge in [0.25, 0.3) is 10.0 Å². The highest BCUT2D eigenvalue weighted by molar-refractivity contribution is 7.92. The number of benzene rings is 2. The van der Waals surface area contributed by atoms with E-state index in [2.05, 4.69) is 4.72 Å². The van der Waals surface area contributed by atoms with Gasteiger partial charge in [-0.25, -0.2) is 12.8 Å². The van der Waals surface area contributed by atoms with Crippen LogP contribution in [0.5, 0.6) is 0 Å². The van der Waals surface area contributed by atoms with Crippen LogP contribution in [-0.2, 0) is 10.0 Å². The van der Waals surface area contributed by atoms with Crippen molar-refractivity contribution in [2.75, 3.05) is 10.5 Å². The number of nitrogen functional groups attached to an aromatic ring is 1. The zero-order valence-corrected chi connectivity index (χ0v) is 11.9. The van der Waals surface area contributed by atoms with Crippen molar-refractivity contribution >= 4 is 21.4 Å². The summed E-state index contributed by atoms with van der Waals surface area (Å²) in [5, 5.41) is 8.74. The number of nitrogens with two attached hydrogens (primary N) is 1. The SMILES string of the molecule is Cc1ccc(NS(=O)(=O)c2ccc(C#N)cc2N)cc1F. The van der Waals surface area contributed by atoms with Gasteiger partial charge in [0.1, 0.15) is 10.7 Å². The third kappa shape index (κ3) is 3.12. The molecule has 5 nitrogen and oxygen atoms in total. The van der Waals surface area contributed by atoms with Crippen molar-refractivity contribution in [3.63, 3.8) is 0 Å². The van der Waals surface area contributed by atoms with Crippen LogP contribution in [0.15, 0.2) is 41.3 Å². The minimum atomic E-state index is -3.95. The molecule has 2 aromatic carbocycles. The Morgan fingerprint density at radius 1 is 1.24 bits per heavy atom. The quantitative estimate of drug-likeness (QED) is 0.851. The van der Waals surface area contributed by atoms with Crippen LogP contribution in [0.2, 0.25) is 0 Å². The summed E-state index contributed by atoms with van der Waals surface area (Å²) in [4.78, 5) is -0.164. The number of hydrogen-bond donors (Lipinski definition) is 2. The topological polar surface area (TPSA) is 96.0 Å². The zero-order chi connectivity index (χ0) is 15.6. The van der Waals surface area contributed by atoms with E-state index in [1.165, 1.54) is 30.3 Å². The van der Waals surface area contributed by atoms with Crippen LogP contribution in [0.4, 0.5) is 15.8 Å². The van der Waals surface area contributed by atoms with Crippen LogP contribution in [0.25, 0.3) is 0 Å². The van der Waals surface area contributed by atoms with E-state index in [1.54, 1.807) is 6.92 Å². The van der Waals surface area contributed by atoms with Crippen molar-refractivity contribution in [2.24, 2.45) is 0 Å². The van der Waals surface area contributed by atoms with E-state index < -0.39 is 15.8 Å². The predicted molar refractivity (Wildman–Crippen MR) is 77.5 cm³/mol. The second-order valence-corrected chi connectivity index (χ2v) is 6.08. The first-order valence-electron chi connectivity index (χ1n) is 5.92. The van der Waals surface area contributed by atoms with Gasteiger partial charge in [-0.1, -0.05) is 6.07 Å². The van der Waals surface area contributed by atoms with Crippen LogP contribution in [-0.4, -0.2) is 8.42 Å². The molecular formula is C14H12FN3O2S. The van der Waals surface area contributed by atoms with Gasteiger partial charge in [-0.2, -0.15) is 5.26 Å². The van der Waals surface area contributed by atoms with Gasteiger partial charge in [-0.3, -0.25) is 4.72 Å². The van der Waals surface area contributed by atoms with Crippen molar-refractivity contribution in [3.05, 3.63) is 53.3 Å². The van der Waals surface area contributed by atoms with E-state index in [4.69, 9.17) is 11.0 Å². The van der Waals surface area contributed by atoms with Crippen molar-refractivity contribution in [2.45, 2.75) is 11.8 Å². The average molecular weight is 305 g/mol. The highest BCUT2D eigenvalue weighted by atomic mass is 32.2. The van der Waals surface area contributed by atoms with Crippen molar-refractivity contribution < 1.29 is 12.8 Å². The molecule has 0 saturated heterocycles. The standard InChI is InChI=1S/C14H12FN3O2S/c1-9-2-4-11(7-12(9)15)18-21(19,20)14-5-3-10(8-16)6-13(14)17/h2-7,18H,17H2,1H3. The summed E-state index contributed by atoms with van der Waals surface area (Å²) in [6, 6.07) is 9.73. The fourth-order valence-electron chi connectivity index (χ4n) is 1.73. The van der Waals surface area contributed by atoms with E-state index in [1.807, 2.05) is 6.07 Å². The molecule has 0 bridgehead atoms. The van der Waals surface area contributed by atoms with Gasteiger partial charge in [0.2, 0.25) is 0 Å². The lowest BCUT2D eigenvalue weighted by molar-refractivity contribution is 0.601. The third-order valence-corrected chi connectivity index (χ3v) is 4.31. The maximum Gasteiger partial charge on any atom is 0.263 e. The highest BCUT2D eigenvalue weighted by Crippen LogP contribution is 2.23. The molecule has 2 rings (SSSR count). The minimum absolute atomic E-state index is 0.0471. The molecule has 0 atom stereocenters. The van der Waals surface area contributed by atoms with Crippen molar-refractivity contribution in [1.29, 1.82) is 5.26 Å². The monoisotopic (exact) mass is 305 g/mol. The van der Waals surface area contributed by atoms with E-state index in [0.29, 0.717) is 5.56 Å². The Bertz CT molecular complexity index is 842. The number of nitriles is 1. The number of sulfonamides is 1.